The summed E-state index contributed by atoms with van der Waals surface area (Å²) in [5, 5.41) is 4.47. The van der Waals surface area contributed by atoms with Gasteiger partial charge in [-0.2, -0.15) is 0 Å². The highest BCUT2D eigenvalue weighted by Crippen LogP contribution is 2.37. The molecule has 29 heavy (non-hydrogen) atoms. The number of ether oxygens (including phenoxy) is 1. The number of benzene rings is 3. The lowest BCUT2D eigenvalue weighted by Gasteiger charge is -2.25. The summed E-state index contributed by atoms with van der Waals surface area (Å²) in [6, 6.07) is 21.9. The molecule has 1 heterocycles. The Bertz CT molecular complexity index is 1050. The van der Waals surface area contributed by atoms with Gasteiger partial charge in [-0.15, -0.1) is 0 Å². The zero-order valence-corrected chi connectivity index (χ0v) is 17.1. The van der Waals surface area contributed by atoms with Gasteiger partial charge in [-0.05, 0) is 72.3 Å². The molecule has 146 valence electrons. The first-order valence-corrected chi connectivity index (χ1v) is 9.78. The third-order valence-corrected chi connectivity index (χ3v) is 5.24. The number of nitrogens with one attached hydrogen (secondary N) is 1. The fourth-order valence-electron chi connectivity index (χ4n) is 3.27. The van der Waals surface area contributed by atoms with Crippen molar-refractivity contribution in [3.05, 3.63) is 100 Å². The van der Waals surface area contributed by atoms with E-state index in [1.807, 2.05) is 54.6 Å². The smallest absolute Gasteiger partial charge is 0.275 e. The van der Waals surface area contributed by atoms with E-state index < -0.39 is 0 Å². The summed E-state index contributed by atoms with van der Waals surface area (Å²) < 4.78 is 5.25. The fraction of sp³-hybridized carbons (Fsp3) is 0.0870. The lowest BCUT2D eigenvalue weighted by Crippen LogP contribution is -2.30. The second-order valence-electron chi connectivity index (χ2n) is 6.58. The van der Waals surface area contributed by atoms with Crippen LogP contribution < -0.4 is 15.0 Å². The van der Waals surface area contributed by atoms with Gasteiger partial charge < -0.3 is 10.1 Å². The number of carbonyl (C=O) groups is 1. The number of hydrogen-bond donors (Lipinski definition) is 1. The second-order valence-corrected chi connectivity index (χ2v) is 7.45. The number of halogens is 2. The van der Waals surface area contributed by atoms with Gasteiger partial charge in [-0.25, -0.2) is 0 Å². The molecular weight excluding hydrogens is 407 g/mol. The van der Waals surface area contributed by atoms with E-state index in [-0.39, 0.29) is 11.9 Å². The molecule has 0 aliphatic carbocycles. The number of nitrogens with zero attached hydrogens (tertiary/aromatic N) is 1. The normalized spacial score (nSPS) is 16.0. The van der Waals surface area contributed by atoms with Gasteiger partial charge in [0.2, 0.25) is 0 Å². The summed E-state index contributed by atoms with van der Waals surface area (Å²) in [6.07, 6.45) is 1.92. The molecule has 0 fully saturated rings. The summed E-state index contributed by atoms with van der Waals surface area (Å²) in [4.78, 5) is 15.0. The Hall–Kier alpha value is -2.95. The second kappa shape index (κ2) is 8.19. The predicted octanol–water partition coefficient (Wildman–Crippen LogP) is 6.09. The molecule has 4 nitrogen and oxygen atoms in total. The van der Waals surface area contributed by atoms with Crippen LogP contribution in [0.4, 0.5) is 11.4 Å². The van der Waals surface area contributed by atoms with Gasteiger partial charge in [-0.1, -0.05) is 35.3 Å². The summed E-state index contributed by atoms with van der Waals surface area (Å²) in [5.74, 6) is 0.641. The van der Waals surface area contributed by atoms with Gasteiger partial charge in [0.25, 0.3) is 5.91 Å². The Morgan fingerprint density at radius 3 is 2.03 bits per heavy atom. The molecular formula is C23H18Cl2N2O2. The summed E-state index contributed by atoms with van der Waals surface area (Å²) in [7, 11) is 1.63. The van der Waals surface area contributed by atoms with E-state index in [0.717, 1.165) is 22.7 Å². The monoisotopic (exact) mass is 424 g/mol. The fourth-order valence-corrected chi connectivity index (χ4v) is 3.52. The Morgan fingerprint density at radius 2 is 1.45 bits per heavy atom. The quantitative estimate of drug-likeness (QED) is 0.538. The lowest BCUT2D eigenvalue weighted by molar-refractivity contribution is -0.114. The van der Waals surface area contributed by atoms with Crippen molar-refractivity contribution in [2.45, 2.75) is 6.04 Å². The van der Waals surface area contributed by atoms with E-state index in [9.17, 15) is 4.79 Å². The van der Waals surface area contributed by atoms with Gasteiger partial charge >= 0.3 is 0 Å². The average molecular weight is 425 g/mol. The molecule has 1 N–H and O–H groups in total. The topological polar surface area (TPSA) is 41.6 Å². The third-order valence-electron chi connectivity index (χ3n) is 4.74. The number of methoxy groups -OCH3 is 1. The van der Waals surface area contributed by atoms with Crippen molar-refractivity contribution in [3.8, 4) is 5.75 Å². The van der Waals surface area contributed by atoms with Crippen molar-refractivity contribution < 1.29 is 9.53 Å². The highest BCUT2D eigenvalue weighted by molar-refractivity contribution is 6.31. The van der Waals surface area contributed by atoms with Gasteiger partial charge in [0.05, 0.1) is 13.2 Å². The average Bonchev–Trinajstić information content (AvgIpc) is 3.06. The van der Waals surface area contributed by atoms with Crippen LogP contribution in [0.25, 0.3) is 0 Å². The first-order chi connectivity index (χ1) is 14.0. The lowest BCUT2D eigenvalue weighted by atomic mass is 10.1. The highest BCUT2D eigenvalue weighted by atomic mass is 35.5. The summed E-state index contributed by atoms with van der Waals surface area (Å²) >= 11 is 12.0. The van der Waals surface area contributed by atoms with Crippen LogP contribution in [-0.2, 0) is 4.79 Å². The van der Waals surface area contributed by atoms with Crippen molar-refractivity contribution in [3.63, 3.8) is 0 Å². The molecule has 0 spiro atoms. The molecule has 1 aliphatic heterocycles. The van der Waals surface area contributed by atoms with Crippen molar-refractivity contribution in [2.24, 2.45) is 0 Å². The first kappa shape index (κ1) is 19.4. The van der Waals surface area contributed by atoms with Crippen LogP contribution in [0.2, 0.25) is 10.0 Å². The minimum Gasteiger partial charge on any atom is -0.497 e. The maximum Gasteiger partial charge on any atom is 0.275 e. The molecule has 0 radical (unpaired) electrons. The van der Waals surface area contributed by atoms with E-state index in [1.165, 1.54) is 0 Å². The molecule has 1 atom stereocenters. The largest absolute Gasteiger partial charge is 0.497 e. The van der Waals surface area contributed by atoms with Crippen LogP contribution in [-0.4, -0.2) is 13.0 Å². The van der Waals surface area contributed by atoms with Crippen molar-refractivity contribution in [2.75, 3.05) is 17.3 Å². The number of anilines is 2. The Kier molecular flexibility index (Phi) is 5.47. The van der Waals surface area contributed by atoms with Crippen LogP contribution in [0.5, 0.6) is 5.75 Å². The van der Waals surface area contributed by atoms with Crippen LogP contribution in [0.15, 0.2) is 84.6 Å². The maximum atomic E-state index is 13.3. The van der Waals surface area contributed by atoms with Crippen molar-refractivity contribution in [1.29, 1.82) is 0 Å². The molecule has 3 aromatic rings. The Balaban J connectivity index is 1.71. The van der Waals surface area contributed by atoms with E-state index in [2.05, 4.69) is 5.32 Å². The first-order valence-electron chi connectivity index (χ1n) is 9.02. The van der Waals surface area contributed by atoms with E-state index in [1.54, 1.807) is 36.3 Å². The van der Waals surface area contributed by atoms with E-state index in [4.69, 9.17) is 27.9 Å². The van der Waals surface area contributed by atoms with Gasteiger partial charge in [0.1, 0.15) is 11.4 Å². The number of carbonyl (C=O) groups excluding carboxylic acids is 1. The van der Waals surface area contributed by atoms with Crippen LogP contribution >= 0.6 is 23.2 Å². The molecule has 0 bridgehead atoms. The SMILES string of the molecule is COc1ccc(C2C=C(Nc3ccc(Cl)cc3)C(=O)N2c2ccc(Cl)cc2)cc1. The molecule has 3 aromatic carbocycles. The standard InChI is InChI=1S/C23H18Cl2N2O2/c1-29-20-12-2-15(3-13-20)22-14-21(26-18-8-4-16(24)5-9-18)23(28)27(22)19-10-6-17(25)7-11-19/h2-14,22,26H,1H3. The van der Waals surface area contributed by atoms with Crippen molar-refractivity contribution >= 4 is 40.5 Å². The number of rotatable bonds is 5. The Morgan fingerprint density at radius 1 is 0.862 bits per heavy atom. The van der Waals surface area contributed by atoms with Gasteiger partial charge in [0.15, 0.2) is 0 Å². The molecule has 1 unspecified atom stereocenters. The third kappa shape index (κ3) is 4.09. The summed E-state index contributed by atoms with van der Waals surface area (Å²) in [5.41, 5.74) is 3.04. The molecule has 1 aliphatic rings. The number of hydrogen-bond acceptors (Lipinski definition) is 3. The van der Waals surface area contributed by atoms with Gasteiger partial charge in [0, 0.05) is 21.4 Å². The molecule has 0 saturated heterocycles. The molecule has 1 amide bonds. The minimum absolute atomic E-state index is 0.122. The zero-order chi connectivity index (χ0) is 20.4. The van der Waals surface area contributed by atoms with E-state index in [0.29, 0.717) is 15.7 Å². The highest BCUT2D eigenvalue weighted by Gasteiger charge is 2.34. The molecule has 4 rings (SSSR count). The minimum atomic E-state index is -0.260. The molecule has 0 saturated carbocycles. The van der Waals surface area contributed by atoms with Crippen LogP contribution in [0.3, 0.4) is 0 Å². The summed E-state index contributed by atoms with van der Waals surface area (Å²) in [6.45, 7) is 0. The maximum absolute atomic E-state index is 13.3. The van der Waals surface area contributed by atoms with Gasteiger partial charge in [-0.3, -0.25) is 9.69 Å². The van der Waals surface area contributed by atoms with Crippen molar-refractivity contribution in [1.82, 2.24) is 0 Å². The molecule has 0 aromatic heterocycles. The van der Waals surface area contributed by atoms with E-state index >= 15 is 0 Å². The zero-order valence-electron chi connectivity index (χ0n) is 15.6. The predicted molar refractivity (Wildman–Crippen MR) is 118 cm³/mol. The number of amides is 1. The molecule has 6 heteroatoms. The van der Waals surface area contributed by atoms with Crippen LogP contribution in [0, 0.1) is 0 Å². The van der Waals surface area contributed by atoms with Crippen LogP contribution in [0.1, 0.15) is 11.6 Å². The Labute approximate surface area is 179 Å².